The first-order valence-electron chi connectivity index (χ1n) is 10.7. The van der Waals surface area contributed by atoms with Crippen LogP contribution in [0.25, 0.3) is 0 Å². The largest absolute Gasteiger partial charge is 0.460 e. The molecule has 6 heteroatoms. The molecule has 1 amide bonds. The van der Waals surface area contributed by atoms with Gasteiger partial charge in [-0.15, -0.1) is 0 Å². The Morgan fingerprint density at radius 3 is 2.27 bits per heavy atom. The summed E-state index contributed by atoms with van der Waals surface area (Å²) in [5, 5.41) is 0. The fourth-order valence-electron chi connectivity index (χ4n) is 3.74. The van der Waals surface area contributed by atoms with E-state index in [2.05, 4.69) is 28.1 Å². The zero-order valence-corrected chi connectivity index (χ0v) is 21.0. The summed E-state index contributed by atoms with van der Waals surface area (Å²) in [6.07, 6.45) is 1.86. The van der Waals surface area contributed by atoms with Gasteiger partial charge >= 0.3 is 12.1 Å². The maximum absolute atomic E-state index is 13.3. The Bertz CT molecular complexity index is 765. The van der Waals surface area contributed by atoms with Gasteiger partial charge in [0.25, 0.3) is 0 Å². The molecule has 1 aromatic rings. The topological polar surface area (TPSA) is 55.8 Å². The lowest BCUT2D eigenvalue weighted by Gasteiger charge is -2.36. The third-order valence-corrected chi connectivity index (χ3v) is 5.92. The highest BCUT2D eigenvalue weighted by Gasteiger charge is 2.47. The normalized spacial score (nSPS) is 19.3. The molecule has 0 saturated carbocycles. The van der Waals surface area contributed by atoms with E-state index in [1.54, 1.807) is 4.90 Å². The Morgan fingerprint density at radius 1 is 1.07 bits per heavy atom. The molecule has 168 valence electrons. The summed E-state index contributed by atoms with van der Waals surface area (Å²) in [6.45, 7) is 14.3. The van der Waals surface area contributed by atoms with Gasteiger partial charge < -0.3 is 14.4 Å². The van der Waals surface area contributed by atoms with Crippen LogP contribution in [-0.2, 0) is 20.7 Å². The van der Waals surface area contributed by atoms with Crippen LogP contribution in [0.2, 0.25) is 0 Å². The third-order valence-electron chi connectivity index (χ3n) is 5.43. The van der Waals surface area contributed by atoms with Gasteiger partial charge in [0.1, 0.15) is 11.2 Å². The lowest BCUT2D eigenvalue weighted by Crippen LogP contribution is -2.43. The van der Waals surface area contributed by atoms with E-state index in [1.165, 1.54) is 5.56 Å². The van der Waals surface area contributed by atoms with E-state index in [-0.39, 0.29) is 18.0 Å². The van der Waals surface area contributed by atoms with Crippen LogP contribution < -0.4 is 0 Å². The fraction of sp³-hybridized carbons (Fsp3) is 0.667. The van der Waals surface area contributed by atoms with E-state index in [1.807, 2.05) is 60.6 Å². The van der Waals surface area contributed by atoms with Crippen molar-refractivity contribution in [3.8, 4) is 0 Å². The summed E-state index contributed by atoms with van der Waals surface area (Å²) in [7, 11) is 0. The van der Waals surface area contributed by atoms with Gasteiger partial charge in [-0.25, -0.2) is 4.79 Å². The highest BCUT2D eigenvalue weighted by Crippen LogP contribution is 2.41. The smallest absolute Gasteiger partial charge is 0.410 e. The number of carbonyl (C=O) groups excluding carboxylic acids is 2. The van der Waals surface area contributed by atoms with Crippen molar-refractivity contribution in [3.63, 3.8) is 0 Å². The number of esters is 1. The molecule has 0 bridgehead atoms. The van der Waals surface area contributed by atoms with Crippen molar-refractivity contribution in [3.05, 3.63) is 34.3 Å². The minimum Gasteiger partial charge on any atom is -0.460 e. The van der Waals surface area contributed by atoms with E-state index in [4.69, 9.17) is 9.47 Å². The number of aryl methyl sites for hydroxylation is 1. The monoisotopic (exact) mass is 481 g/mol. The maximum Gasteiger partial charge on any atom is 0.410 e. The summed E-state index contributed by atoms with van der Waals surface area (Å²) in [6, 6.07) is 8.15. The average Bonchev–Trinajstić information content (AvgIpc) is 3.07. The molecule has 0 aliphatic carbocycles. The van der Waals surface area contributed by atoms with Crippen LogP contribution in [-0.4, -0.2) is 41.3 Å². The number of carbonyl (C=O) groups is 2. The fourth-order valence-corrected chi connectivity index (χ4v) is 4.18. The average molecular weight is 482 g/mol. The van der Waals surface area contributed by atoms with Crippen molar-refractivity contribution in [2.75, 3.05) is 13.1 Å². The molecule has 1 unspecified atom stereocenters. The summed E-state index contributed by atoms with van der Waals surface area (Å²) < 4.78 is 12.4. The molecule has 0 spiro atoms. The molecule has 1 aliphatic rings. The number of amides is 1. The Kier molecular flexibility index (Phi) is 7.65. The van der Waals surface area contributed by atoms with Crippen LogP contribution in [0.5, 0.6) is 0 Å². The number of likely N-dealkylation sites (tertiary alicyclic amines) is 1. The number of hydrogen-bond donors (Lipinski definition) is 0. The first-order chi connectivity index (χ1) is 13.7. The van der Waals surface area contributed by atoms with Gasteiger partial charge in [-0.05, 0) is 91.3 Å². The van der Waals surface area contributed by atoms with Gasteiger partial charge in [0.2, 0.25) is 0 Å². The van der Waals surface area contributed by atoms with Gasteiger partial charge in [-0.2, -0.15) is 0 Å². The van der Waals surface area contributed by atoms with Crippen LogP contribution in [0, 0.1) is 11.3 Å². The van der Waals surface area contributed by atoms with Gasteiger partial charge in [-0.3, -0.25) is 4.79 Å². The molecule has 1 aliphatic heterocycles. The molecular weight excluding hydrogens is 446 g/mol. The van der Waals surface area contributed by atoms with Crippen LogP contribution in [0.1, 0.15) is 66.9 Å². The lowest BCUT2D eigenvalue weighted by atomic mass is 9.72. The number of hydrogen-bond acceptors (Lipinski definition) is 4. The van der Waals surface area contributed by atoms with Gasteiger partial charge in [0.15, 0.2) is 0 Å². The lowest BCUT2D eigenvalue weighted by molar-refractivity contribution is -0.170. The minimum absolute atomic E-state index is 0.0204. The van der Waals surface area contributed by atoms with Crippen LogP contribution >= 0.6 is 15.9 Å². The van der Waals surface area contributed by atoms with E-state index < -0.39 is 16.6 Å². The van der Waals surface area contributed by atoms with E-state index in [0.717, 1.165) is 17.3 Å². The zero-order chi connectivity index (χ0) is 22.7. The second-order valence-electron chi connectivity index (χ2n) is 10.5. The molecule has 0 N–H and O–H groups in total. The molecule has 1 saturated heterocycles. The maximum atomic E-state index is 13.3. The molecule has 1 fully saturated rings. The second kappa shape index (κ2) is 9.29. The number of ether oxygens (including phenoxy) is 2. The molecule has 1 aromatic carbocycles. The van der Waals surface area contributed by atoms with Crippen molar-refractivity contribution >= 4 is 28.0 Å². The molecule has 30 heavy (non-hydrogen) atoms. The molecular formula is C24H36BrNO4. The van der Waals surface area contributed by atoms with Crippen molar-refractivity contribution in [2.45, 2.75) is 78.9 Å². The molecule has 0 aromatic heterocycles. The molecule has 2 atom stereocenters. The molecule has 1 heterocycles. The Morgan fingerprint density at radius 2 is 1.70 bits per heavy atom. The Hall–Kier alpha value is -1.56. The zero-order valence-electron chi connectivity index (χ0n) is 19.4. The van der Waals surface area contributed by atoms with Crippen molar-refractivity contribution in [2.24, 2.45) is 11.3 Å². The highest BCUT2D eigenvalue weighted by molar-refractivity contribution is 9.10. The minimum atomic E-state index is -0.688. The van der Waals surface area contributed by atoms with Crippen molar-refractivity contribution in [1.82, 2.24) is 4.90 Å². The number of benzene rings is 1. The first-order valence-corrected chi connectivity index (χ1v) is 11.4. The van der Waals surface area contributed by atoms with Crippen LogP contribution in [0.4, 0.5) is 4.79 Å². The highest BCUT2D eigenvalue weighted by atomic mass is 79.9. The summed E-state index contributed by atoms with van der Waals surface area (Å²) >= 11 is 3.52. The number of nitrogens with zero attached hydrogens (tertiary/aromatic N) is 1. The van der Waals surface area contributed by atoms with Gasteiger partial charge in [0.05, 0.1) is 5.41 Å². The summed E-state index contributed by atoms with van der Waals surface area (Å²) in [5.74, 6) is -0.173. The quantitative estimate of drug-likeness (QED) is 0.484. The summed E-state index contributed by atoms with van der Waals surface area (Å²) in [5.41, 5.74) is -0.616. The van der Waals surface area contributed by atoms with E-state index in [9.17, 15) is 9.59 Å². The predicted octanol–water partition coefficient (Wildman–Crippen LogP) is 5.99. The van der Waals surface area contributed by atoms with Crippen LogP contribution in [0.3, 0.4) is 0 Å². The number of rotatable bonds is 5. The van der Waals surface area contributed by atoms with Gasteiger partial charge in [-0.1, -0.05) is 28.1 Å². The van der Waals surface area contributed by atoms with E-state index in [0.29, 0.717) is 19.5 Å². The summed E-state index contributed by atoms with van der Waals surface area (Å²) in [4.78, 5) is 27.5. The SMILES string of the molecule is CC(C)(C)OC(=O)N1CC[C@H](C(C)(CCc2cccc(Br)c2)C(=O)OC(C)(C)C)C1. The predicted molar refractivity (Wildman–Crippen MR) is 122 cm³/mol. The first kappa shape index (κ1) is 24.7. The molecule has 0 radical (unpaired) electrons. The standard InChI is InChI=1S/C24H36BrNO4/c1-22(2,3)29-20(27)24(7,13-11-17-9-8-10-19(25)15-17)18-12-14-26(16-18)21(28)30-23(4,5)6/h8-10,15,18H,11-14,16H2,1-7H3/t18-,24?/m0/s1. The Balaban J connectivity index is 2.19. The van der Waals surface area contributed by atoms with Crippen LogP contribution in [0.15, 0.2) is 28.7 Å². The Labute approximate surface area is 189 Å². The third kappa shape index (κ3) is 7.00. The van der Waals surface area contributed by atoms with Gasteiger partial charge in [0, 0.05) is 17.6 Å². The van der Waals surface area contributed by atoms with Crippen molar-refractivity contribution < 1.29 is 19.1 Å². The molecule has 2 rings (SSSR count). The second-order valence-corrected chi connectivity index (χ2v) is 11.4. The van der Waals surface area contributed by atoms with E-state index >= 15 is 0 Å². The number of halogens is 1. The molecule has 5 nitrogen and oxygen atoms in total. The van der Waals surface area contributed by atoms with Crippen molar-refractivity contribution in [1.29, 1.82) is 0 Å².